The van der Waals surface area contributed by atoms with Gasteiger partial charge in [0.15, 0.2) is 11.7 Å². The summed E-state index contributed by atoms with van der Waals surface area (Å²) < 4.78 is 42.4. The molecule has 0 spiro atoms. The molecule has 3 aromatic rings. The van der Waals surface area contributed by atoms with E-state index in [1.807, 2.05) is 12.1 Å². The molecule has 0 saturated heterocycles. The van der Waals surface area contributed by atoms with Crippen LogP contribution in [0, 0.1) is 0 Å². The van der Waals surface area contributed by atoms with Gasteiger partial charge in [-0.3, -0.25) is 9.67 Å². The average molecular weight is 392 g/mol. The van der Waals surface area contributed by atoms with Crippen LogP contribution in [-0.4, -0.2) is 33.9 Å². The van der Waals surface area contributed by atoms with Crippen molar-refractivity contribution in [1.29, 1.82) is 0 Å². The van der Waals surface area contributed by atoms with Crippen molar-refractivity contribution in [3.05, 3.63) is 54.0 Å². The third kappa shape index (κ3) is 4.65. The molecule has 2 heterocycles. The number of hydrogen-bond acceptors (Lipinski definition) is 2. The van der Waals surface area contributed by atoms with Crippen molar-refractivity contribution in [2.75, 3.05) is 13.6 Å². The Morgan fingerprint density at radius 2 is 1.96 bits per heavy atom. The molecular weight excluding hydrogens is 369 g/mol. The van der Waals surface area contributed by atoms with Crippen molar-refractivity contribution in [3.63, 3.8) is 0 Å². The normalized spacial score (nSPS) is 12.5. The van der Waals surface area contributed by atoms with Crippen molar-refractivity contribution in [2.45, 2.75) is 25.7 Å². The minimum atomic E-state index is -4.48. The van der Waals surface area contributed by atoms with Crippen LogP contribution < -0.4 is 10.6 Å². The molecule has 0 amide bonds. The molecule has 0 aliphatic carbocycles. The molecule has 0 unspecified atom stereocenters. The second-order valence-corrected chi connectivity index (χ2v) is 6.45. The fraction of sp³-hybridized carbons (Fsp3) is 0.368. The zero-order valence-electron chi connectivity index (χ0n) is 15.8. The third-order valence-electron chi connectivity index (χ3n) is 4.39. The van der Waals surface area contributed by atoms with Crippen LogP contribution in [0.4, 0.5) is 13.2 Å². The zero-order chi connectivity index (χ0) is 20.1. The highest BCUT2D eigenvalue weighted by Gasteiger charge is 2.36. The molecule has 2 N–H and O–H groups in total. The number of aliphatic imine (C=N–C) groups is 1. The van der Waals surface area contributed by atoms with Crippen LogP contribution in [0.25, 0.3) is 10.9 Å². The number of alkyl halides is 3. The molecule has 150 valence electrons. The molecule has 0 atom stereocenters. The maximum Gasteiger partial charge on any atom is 0.435 e. The monoisotopic (exact) mass is 392 g/mol. The van der Waals surface area contributed by atoms with E-state index >= 15 is 0 Å². The van der Waals surface area contributed by atoms with Crippen LogP contribution in [0.1, 0.15) is 17.7 Å². The Kier molecular flexibility index (Phi) is 5.91. The lowest BCUT2D eigenvalue weighted by molar-refractivity contribution is -0.142. The van der Waals surface area contributed by atoms with Gasteiger partial charge in [0.2, 0.25) is 0 Å². The molecule has 0 bridgehead atoms. The standard InChI is InChI=1S/C19H23F3N6/c1-23-18(25-12-15-13-27(2)26-17(15)19(20,21)22)24-9-5-10-28-11-8-14-6-3-4-7-16(14)28/h3-4,6-8,11,13H,5,9-10,12H2,1-2H3,(H2,23,24,25). The van der Waals surface area contributed by atoms with Gasteiger partial charge >= 0.3 is 6.18 Å². The predicted octanol–water partition coefficient (Wildman–Crippen LogP) is 3.15. The summed E-state index contributed by atoms with van der Waals surface area (Å²) in [6.45, 7) is 1.47. The number of fused-ring (bicyclic) bond motifs is 1. The van der Waals surface area contributed by atoms with Crippen molar-refractivity contribution >= 4 is 16.9 Å². The van der Waals surface area contributed by atoms with Gasteiger partial charge in [-0.1, -0.05) is 18.2 Å². The molecular formula is C19H23F3N6. The Morgan fingerprint density at radius 1 is 1.18 bits per heavy atom. The fourth-order valence-corrected chi connectivity index (χ4v) is 3.10. The summed E-state index contributed by atoms with van der Waals surface area (Å²) in [6.07, 6.45) is -0.214. The van der Waals surface area contributed by atoms with Gasteiger partial charge in [0.25, 0.3) is 0 Å². The second kappa shape index (κ2) is 8.37. The predicted molar refractivity (Wildman–Crippen MR) is 103 cm³/mol. The first-order valence-corrected chi connectivity index (χ1v) is 8.96. The molecule has 0 fully saturated rings. The van der Waals surface area contributed by atoms with Gasteiger partial charge in [0.1, 0.15) is 0 Å². The summed E-state index contributed by atoms with van der Waals surface area (Å²) >= 11 is 0. The number of hydrogen-bond donors (Lipinski definition) is 2. The molecule has 3 rings (SSSR count). The van der Waals surface area contributed by atoms with Crippen molar-refractivity contribution in [1.82, 2.24) is 25.0 Å². The van der Waals surface area contributed by atoms with E-state index in [0.717, 1.165) is 17.6 Å². The maximum atomic E-state index is 13.0. The lowest BCUT2D eigenvalue weighted by Crippen LogP contribution is -2.37. The highest BCUT2D eigenvalue weighted by molar-refractivity contribution is 5.80. The quantitative estimate of drug-likeness (QED) is 0.385. The Bertz CT molecular complexity index is 954. The Balaban J connectivity index is 1.49. The minimum absolute atomic E-state index is 0.00933. The lowest BCUT2D eigenvalue weighted by Gasteiger charge is -2.13. The molecule has 0 radical (unpaired) electrons. The van der Waals surface area contributed by atoms with Gasteiger partial charge in [-0.25, -0.2) is 0 Å². The summed E-state index contributed by atoms with van der Waals surface area (Å²) in [7, 11) is 3.06. The van der Waals surface area contributed by atoms with Crippen molar-refractivity contribution in [3.8, 4) is 0 Å². The van der Waals surface area contributed by atoms with Gasteiger partial charge in [0.05, 0.1) is 0 Å². The third-order valence-corrected chi connectivity index (χ3v) is 4.39. The van der Waals surface area contributed by atoms with E-state index in [2.05, 4.69) is 49.7 Å². The number of nitrogens with zero attached hydrogens (tertiary/aromatic N) is 4. The highest BCUT2D eigenvalue weighted by Crippen LogP contribution is 2.30. The van der Waals surface area contributed by atoms with Gasteiger partial charge in [-0.2, -0.15) is 18.3 Å². The van der Waals surface area contributed by atoms with Crippen LogP contribution in [0.5, 0.6) is 0 Å². The Labute approximate surface area is 161 Å². The largest absolute Gasteiger partial charge is 0.435 e. The van der Waals surface area contributed by atoms with E-state index in [1.54, 1.807) is 7.05 Å². The van der Waals surface area contributed by atoms with Crippen LogP contribution in [-0.2, 0) is 26.3 Å². The smallest absolute Gasteiger partial charge is 0.356 e. The van der Waals surface area contributed by atoms with E-state index < -0.39 is 11.9 Å². The molecule has 0 aliphatic heterocycles. The molecule has 0 aliphatic rings. The second-order valence-electron chi connectivity index (χ2n) is 6.45. The first kappa shape index (κ1) is 19.8. The minimum Gasteiger partial charge on any atom is -0.356 e. The average Bonchev–Trinajstić information content (AvgIpc) is 3.24. The number of rotatable bonds is 6. The van der Waals surface area contributed by atoms with Crippen LogP contribution in [0.3, 0.4) is 0 Å². The van der Waals surface area contributed by atoms with Gasteiger partial charge < -0.3 is 15.2 Å². The van der Waals surface area contributed by atoms with Crippen LogP contribution in [0.15, 0.2) is 47.7 Å². The molecule has 1 aromatic carbocycles. The van der Waals surface area contributed by atoms with Crippen LogP contribution in [0.2, 0.25) is 0 Å². The number of guanidine groups is 1. The van der Waals surface area contributed by atoms with Gasteiger partial charge in [0, 0.05) is 57.2 Å². The maximum absolute atomic E-state index is 13.0. The topological polar surface area (TPSA) is 59.2 Å². The van der Waals surface area contributed by atoms with E-state index in [1.165, 1.54) is 24.1 Å². The molecule has 0 saturated carbocycles. The Hall–Kier alpha value is -2.97. The fourth-order valence-electron chi connectivity index (χ4n) is 3.10. The molecule has 9 heteroatoms. The summed E-state index contributed by atoms with van der Waals surface area (Å²) in [5, 5.41) is 10.7. The molecule has 2 aromatic heterocycles. The van der Waals surface area contributed by atoms with Crippen molar-refractivity contribution < 1.29 is 13.2 Å². The van der Waals surface area contributed by atoms with E-state index in [4.69, 9.17) is 0 Å². The Morgan fingerprint density at radius 3 is 2.71 bits per heavy atom. The lowest BCUT2D eigenvalue weighted by atomic mass is 10.2. The number of para-hydroxylation sites is 1. The zero-order valence-corrected chi connectivity index (χ0v) is 15.8. The molecule has 28 heavy (non-hydrogen) atoms. The number of aryl methyl sites for hydroxylation is 2. The summed E-state index contributed by atoms with van der Waals surface area (Å²) in [5.74, 6) is 0.453. The SMILES string of the molecule is CN=C(NCCCn1ccc2ccccc21)NCc1cn(C)nc1C(F)(F)F. The van der Waals surface area contributed by atoms with E-state index in [9.17, 15) is 13.2 Å². The number of benzene rings is 1. The number of halogens is 3. The number of aromatic nitrogens is 3. The summed E-state index contributed by atoms with van der Waals surface area (Å²) in [6, 6.07) is 10.3. The molecule has 6 nitrogen and oxygen atoms in total. The number of nitrogens with one attached hydrogen (secondary N) is 2. The van der Waals surface area contributed by atoms with E-state index in [-0.39, 0.29) is 12.1 Å². The van der Waals surface area contributed by atoms with Gasteiger partial charge in [-0.05, 0) is 23.9 Å². The van der Waals surface area contributed by atoms with E-state index in [0.29, 0.717) is 12.5 Å². The first-order valence-electron chi connectivity index (χ1n) is 8.96. The summed E-state index contributed by atoms with van der Waals surface area (Å²) in [5.41, 5.74) is 0.385. The van der Waals surface area contributed by atoms with Crippen LogP contribution >= 0.6 is 0 Å². The highest BCUT2D eigenvalue weighted by atomic mass is 19.4. The first-order chi connectivity index (χ1) is 13.4. The summed E-state index contributed by atoms with van der Waals surface area (Å²) in [4.78, 5) is 4.07. The van der Waals surface area contributed by atoms with Gasteiger partial charge in [-0.15, -0.1) is 0 Å². The van der Waals surface area contributed by atoms with Crippen molar-refractivity contribution in [2.24, 2.45) is 12.0 Å².